The summed E-state index contributed by atoms with van der Waals surface area (Å²) in [6, 6.07) is 13.2. The van der Waals surface area contributed by atoms with Gasteiger partial charge in [-0.15, -0.1) is 11.3 Å². The molecule has 0 aliphatic rings. The van der Waals surface area contributed by atoms with Crippen molar-refractivity contribution in [3.8, 4) is 0 Å². The highest BCUT2D eigenvalue weighted by Gasteiger charge is 2.16. The molecule has 0 bridgehead atoms. The zero-order valence-electron chi connectivity index (χ0n) is 9.98. The molecule has 0 aliphatic carbocycles. The minimum Gasteiger partial charge on any atom is -0.377 e. The number of benzene rings is 1. The Hall–Kier alpha value is -0.550. The van der Waals surface area contributed by atoms with Crippen LogP contribution in [-0.2, 0) is 0 Å². The van der Waals surface area contributed by atoms with Gasteiger partial charge in [0.1, 0.15) is 0 Å². The van der Waals surface area contributed by atoms with E-state index in [2.05, 4.69) is 83.5 Å². The first-order valence-corrected chi connectivity index (χ1v) is 7.68. The lowest BCUT2D eigenvalue weighted by atomic mass is 10.0. The minimum atomic E-state index is 0.396. The first-order chi connectivity index (χ1) is 8.16. The summed E-state index contributed by atoms with van der Waals surface area (Å²) in [5, 5.41) is 5.77. The van der Waals surface area contributed by atoms with E-state index in [4.69, 9.17) is 0 Å². The van der Waals surface area contributed by atoms with Crippen molar-refractivity contribution in [2.45, 2.75) is 19.9 Å². The van der Waals surface area contributed by atoms with Crippen molar-refractivity contribution in [2.24, 2.45) is 5.92 Å². The molecule has 2 aromatic rings. The van der Waals surface area contributed by atoms with E-state index < -0.39 is 0 Å². The fourth-order valence-electron chi connectivity index (χ4n) is 1.79. The van der Waals surface area contributed by atoms with Gasteiger partial charge in [-0.3, -0.25) is 0 Å². The van der Waals surface area contributed by atoms with Gasteiger partial charge in [0.05, 0.1) is 6.04 Å². The van der Waals surface area contributed by atoms with E-state index in [1.807, 2.05) is 11.3 Å². The van der Waals surface area contributed by atoms with E-state index in [0.29, 0.717) is 12.0 Å². The molecule has 0 amide bonds. The summed E-state index contributed by atoms with van der Waals surface area (Å²) in [7, 11) is 0. The predicted octanol–water partition coefficient (Wildman–Crippen LogP) is 5.16. The van der Waals surface area contributed by atoms with Crippen LogP contribution in [0.2, 0.25) is 0 Å². The van der Waals surface area contributed by atoms with Gasteiger partial charge in [0.25, 0.3) is 0 Å². The van der Waals surface area contributed by atoms with Crippen molar-refractivity contribution in [1.82, 2.24) is 0 Å². The molecule has 0 saturated carbocycles. The van der Waals surface area contributed by atoms with Gasteiger partial charge >= 0.3 is 0 Å². The van der Waals surface area contributed by atoms with Crippen LogP contribution in [0.25, 0.3) is 0 Å². The van der Waals surface area contributed by atoms with Crippen LogP contribution < -0.4 is 5.32 Å². The molecule has 0 spiro atoms. The van der Waals surface area contributed by atoms with Crippen LogP contribution >= 0.6 is 33.9 Å². The molecule has 0 aliphatic heterocycles. The van der Waals surface area contributed by atoms with E-state index in [1.54, 1.807) is 0 Å². The molecule has 1 atom stereocenters. The maximum absolute atomic E-state index is 3.63. The third-order valence-electron chi connectivity index (χ3n) is 2.66. The Morgan fingerprint density at radius 2 is 2.00 bits per heavy atom. The van der Waals surface area contributed by atoms with Gasteiger partial charge in [0.15, 0.2) is 0 Å². The van der Waals surface area contributed by atoms with Gasteiger partial charge in [-0.05, 0) is 58.2 Å². The average molecular weight is 357 g/mol. The molecule has 1 aromatic heterocycles. The van der Waals surface area contributed by atoms with E-state index in [-0.39, 0.29) is 0 Å². The van der Waals surface area contributed by atoms with Gasteiger partial charge in [0, 0.05) is 14.1 Å². The quantitative estimate of drug-likeness (QED) is 0.745. The zero-order chi connectivity index (χ0) is 12.3. The lowest BCUT2D eigenvalue weighted by Gasteiger charge is -2.22. The molecular formula is C14H16INS. The number of thiophene rings is 1. The van der Waals surface area contributed by atoms with Gasteiger partial charge in [0.2, 0.25) is 0 Å². The second kappa shape index (κ2) is 5.87. The van der Waals surface area contributed by atoms with Crippen LogP contribution in [0, 0.1) is 9.49 Å². The monoisotopic (exact) mass is 357 g/mol. The fourth-order valence-corrected chi connectivity index (χ4v) is 3.28. The highest BCUT2D eigenvalue weighted by molar-refractivity contribution is 14.1. The second-order valence-corrected chi connectivity index (χ2v) is 6.62. The van der Waals surface area contributed by atoms with Gasteiger partial charge in [-0.25, -0.2) is 0 Å². The normalized spacial score (nSPS) is 12.7. The zero-order valence-corrected chi connectivity index (χ0v) is 13.0. The fraction of sp³-hybridized carbons (Fsp3) is 0.286. The molecule has 1 heterocycles. The molecular weight excluding hydrogens is 341 g/mol. The van der Waals surface area contributed by atoms with Crippen LogP contribution in [0.4, 0.5) is 5.69 Å². The number of halogens is 1. The molecule has 3 heteroatoms. The third kappa shape index (κ3) is 3.45. The van der Waals surface area contributed by atoms with Crippen molar-refractivity contribution in [3.05, 3.63) is 50.2 Å². The second-order valence-electron chi connectivity index (χ2n) is 4.39. The maximum Gasteiger partial charge on any atom is 0.0629 e. The van der Waals surface area contributed by atoms with E-state index >= 15 is 0 Å². The lowest BCUT2D eigenvalue weighted by molar-refractivity contribution is 0.554. The van der Waals surface area contributed by atoms with Gasteiger partial charge in [-0.1, -0.05) is 26.0 Å². The highest BCUT2D eigenvalue weighted by Crippen LogP contribution is 2.29. The number of rotatable bonds is 4. The first-order valence-electron chi connectivity index (χ1n) is 5.72. The summed E-state index contributed by atoms with van der Waals surface area (Å²) in [4.78, 5) is 1.40. The van der Waals surface area contributed by atoms with Crippen molar-refractivity contribution in [2.75, 3.05) is 5.32 Å². The average Bonchev–Trinajstić information content (AvgIpc) is 2.78. The van der Waals surface area contributed by atoms with Crippen LogP contribution in [0.15, 0.2) is 41.8 Å². The Balaban J connectivity index is 2.19. The number of hydrogen-bond acceptors (Lipinski definition) is 2. The predicted molar refractivity (Wildman–Crippen MR) is 84.7 cm³/mol. The molecule has 1 nitrogen and oxygen atoms in total. The molecule has 0 fully saturated rings. The molecule has 17 heavy (non-hydrogen) atoms. The topological polar surface area (TPSA) is 12.0 Å². The standard InChI is InChI=1S/C14H16INS/c1-10(2)14(13-7-4-8-17-13)16-12-6-3-5-11(15)9-12/h3-10,14,16H,1-2H3. The summed E-state index contributed by atoms with van der Waals surface area (Å²) < 4.78 is 1.27. The number of nitrogens with one attached hydrogen (secondary N) is 1. The highest BCUT2D eigenvalue weighted by atomic mass is 127. The third-order valence-corrected chi connectivity index (χ3v) is 4.29. The summed E-state index contributed by atoms with van der Waals surface area (Å²) in [5.74, 6) is 0.575. The molecule has 2 rings (SSSR count). The molecule has 1 unspecified atom stereocenters. The largest absolute Gasteiger partial charge is 0.377 e. The molecule has 0 saturated heterocycles. The van der Waals surface area contributed by atoms with Crippen molar-refractivity contribution in [1.29, 1.82) is 0 Å². The Morgan fingerprint density at radius 1 is 1.18 bits per heavy atom. The molecule has 1 N–H and O–H groups in total. The van der Waals surface area contributed by atoms with Crippen LogP contribution in [0.5, 0.6) is 0 Å². The SMILES string of the molecule is CC(C)C(Nc1cccc(I)c1)c1cccs1. The molecule has 1 aromatic carbocycles. The van der Waals surface area contributed by atoms with Gasteiger partial charge < -0.3 is 5.32 Å². The number of anilines is 1. The Kier molecular flexibility index (Phi) is 4.45. The van der Waals surface area contributed by atoms with Crippen LogP contribution in [0.3, 0.4) is 0 Å². The van der Waals surface area contributed by atoms with Crippen LogP contribution in [0.1, 0.15) is 24.8 Å². The van der Waals surface area contributed by atoms with E-state index in [0.717, 1.165) is 0 Å². The Labute approximate surface area is 120 Å². The molecule has 0 radical (unpaired) electrons. The summed E-state index contributed by atoms with van der Waals surface area (Å²) in [6.07, 6.45) is 0. The first kappa shape index (κ1) is 12.9. The van der Waals surface area contributed by atoms with Crippen molar-refractivity contribution < 1.29 is 0 Å². The molecule has 90 valence electrons. The summed E-state index contributed by atoms with van der Waals surface area (Å²) in [6.45, 7) is 4.51. The smallest absolute Gasteiger partial charge is 0.0629 e. The number of hydrogen-bond donors (Lipinski definition) is 1. The van der Waals surface area contributed by atoms with E-state index in [1.165, 1.54) is 14.1 Å². The minimum absolute atomic E-state index is 0.396. The van der Waals surface area contributed by atoms with Crippen molar-refractivity contribution in [3.63, 3.8) is 0 Å². The summed E-state index contributed by atoms with van der Waals surface area (Å²) in [5.41, 5.74) is 1.20. The van der Waals surface area contributed by atoms with E-state index in [9.17, 15) is 0 Å². The summed E-state index contributed by atoms with van der Waals surface area (Å²) >= 11 is 4.16. The van der Waals surface area contributed by atoms with Crippen molar-refractivity contribution >= 4 is 39.6 Å². The van der Waals surface area contributed by atoms with Crippen LogP contribution in [-0.4, -0.2) is 0 Å². The Bertz CT molecular complexity index is 465. The Morgan fingerprint density at radius 3 is 2.59 bits per heavy atom. The van der Waals surface area contributed by atoms with Gasteiger partial charge in [-0.2, -0.15) is 0 Å². The maximum atomic E-state index is 3.63. The lowest BCUT2D eigenvalue weighted by Crippen LogP contribution is -2.15.